The minimum absolute atomic E-state index is 0.0336. The molecule has 214 valence electrons. The van der Waals surface area contributed by atoms with Crippen LogP contribution in [0, 0.1) is 0 Å². The zero-order valence-electron chi connectivity index (χ0n) is 21.3. The van der Waals surface area contributed by atoms with Crippen LogP contribution in [0.25, 0.3) is 5.95 Å². The first-order valence-corrected chi connectivity index (χ1v) is 11.9. The van der Waals surface area contributed by atoms with Crippen molar-refractivity contribution in [3.05, 3.63) is 65.0 Å². The van der Waals surface area contributed by atoms with Gasteiger partial charge in [-0.2, -0.15) is 36.1 Å². The molecule has 4 rings (SSSR count). The van der Waals surface area contributed by atoms with Gasteiger partial charge in [-0.1, -0.05) is 0 Å². The largest absolute Gasteiger partial charge is 0.416 e. The van der Waals surface area contributed by atoms with Gasteiger partial charge in [0.05, 0.1) is 34.9 Å². The molecule has 3 aromatic rings. The second kappa shape index (κ2) is 10.8. The molecule has 1 saturated heterocycles. The molecular weight excluding hydrogens is 548 g/mol. The van der Waals surface area contributed by atoms with Gasteiger partial charge in [-0.05, 0) is 39.0 Å². The van der Waals surface area contributed by atoms with Gasteiger partial charge < -0.3 is 15.0 Å². The number of halogens is 6. The number of benzene rings is 1. The second-order valence-corrected chi connectivity index (χ2v) is 9.26. The van der Waals surface area contributed by atoms with Crippen molar-refractivity contribution in [1.29, 1.82) is 0 Å². The summed E-state index contributed by atoms with van der Waals surface area (Å²) in [5.74, 6) is -1.50. The Morgan fingerprint density at radius 2 is 1.48 bits per heavy atom. The molecular formula is C24H23F6N7O3. The highest BCUT2D eigenvalue weighted by atomic mass is 19.4. The van der Waals surface area contributed by atoms with Gasteiger partial charge >= 0.3 is 12.4 Å². The molecule has 0 spiro atoms. The van der Waals surface area contributed by atoms with Gasteiger partial charge in [0.25, 0.3) is 17.8 Å². The van der Waals surface area contributed by atoms with E-state index < -0.39 is 41.0 Å². The van der Waals surface area contributed by atoms with Gasteiger partial charge in [0, 0.05) is 31.0 Å². The quantitative estimate of drug-likeness (QED) is 0.463. The van der Waals surface area contributed by atoms with Gasteiger partial charge in [-0.25, -0.2) is 15.0 Å². The van der Waals surface area contributed by atoms with E-state index in [0.717, 1.165) is 11.0 Å². The molecule has 1 N–H and O–H groups in total. The van der Waals surface area contributed by atoms with Gasteiger partial charge in [-0.15, -0.1) is 0 Å². The third-order valence-corrected chi connectivity index (χ3v) is 5.94. The van der Waals surface area contributed by atoms with E-state index in [1.807, 2.05) is 13.8 Å². The monoisotopic (exact) mass is 571 g/mol. The number of alkyl halides is 6. The minimum Gasteiger partial charge on any atom is -0.372 e. The van der Waals surface area contributed by atoms with Crippen molar-refractivity contribution in [2.45, 2.75) is 51.4 Å². The Hall–Kier alpha value is -4.08. The van der Waals surface area contributed by atoms with Crippen LogP contribution in [0.1, 0.15) is 64.5 Å². The molecule has 3 atom stereocenters. The molecule has 40 heavy (non-hydrogen) atoms. The van der Waals surface area contributed by atoms with E-state index in [2.05, 4.69) is 25.4 Å². The molecule has 2 aromatic heterocycles. The maximum Gasteiger partial charge on any atom is 0.416 e. The second-order valence-electron chi connectivity index (χ2n) is 9.26. The maximum absolute atomic E-state index is 13.2. The van der Waals surface area contributed by atoms with Crippen molar-refractivity contribution in [2.75, 3.05) is 13.1 Å². The molecule has 16 heteroatoms. The average molecular weight is 571 g/mol. The van der Waals surface area contributed by atoms with Crippen LogP contribution in [-0.2, 0) is 17.1 Å². The first kappa shape index (κ1) is 28.9. The highest BCUT2D eigenvalue weighted by Crippen LogP contribution is 2.36. The topological polar surface area (TPSA) is 115 Å². The lowest BCUT2D eigenvalue weighted by Gasteiger charge is -2.35. The summed E-state index contributed by atoms with van der Waals surface area (Å²) in [6.07, 6.45) is -6.83. The maximum atomic E-state index is 13.2. The molecule has 10 nitrogen and oxygen atoms in total. The highest BCUT2D eigenvalue weighted by Gasteiger charge is 2.37. The Balaban J connectivity index is 1.53. The summed E-state index contributed by atoms with van der Waals surface area (Å²) in [5.41, 5.74) is -3.87. The van der Waals surface area contributed by atoms with E-state index in [0.29, 0.717) is 25.2 Å². The van der Waals surface area contributed by atoms with E-state index in [-0.39, 0.29) is 41.5 Å². The van der Waals surface area contributed by atoms with E-state index in [4.69, 9.17) is 4.74 Å². The fraction of sp³-hybridized carbons (Fsp3) is 0.417. The molecule has 3 heterocycles. The number of aromatic nitrogens is 5. The van der Waals surface area contributed by atoms with Crippen molar-refractivity contribution in [2.24, 2.45) is 0 Å². The first-order valence-electron chi connectivity index (χ1n) is 11.9. The van der Waals surface area contributed by atoms with Crippen LogP contribution in [0.5, 0.6) is 0 Å². The summed E-state index contributed by atoms with van der Waals surface area (Å²) >= 11 is 0. The Morgan fingerprint density at radius 1 is 0.925 bits per heavy atom. The number of hydrogen-bond donors (Lipinski definition) is 1. The number of rotatable bonds is 5. The van der Waals surface area contributed by atoms with Gasteiger partial charge in [-0.3, -0.25) is 9.59 Å². The molecule has 0 radical (unpaired) electrons. The molecule has 2 amide bonds. The molecule has 1 aromatic carbocycles. The number of carbonyl (C=O) groups is 2. The summed E-state index contributed by atoms with van der Waals surface area (Å²) in [6.45, 7) is 5.89. The summed E-state index contributed by atoms with van der Waals surface area (Å²) in [4.78, 5) is 39.5. The Kier molecular flexibility index (Phi) is 7.83. The third-order valence-electron chi connectivity index (χ3n) is 5.94. The summed E-state index contributed by atoms with van der Waals surface area (Å²) in [7, 11) is 0. The number of nitrogens with one attached hydrogen (secondary N) is 1. The number of hydrogen-bond acceptors (Lipinski definition) is 7. The lowest BCUT2D eigenvalue weighted by Crippen LogP contribution is -2.48. The molecule has 1 aliphatic heterocycles. The van der Waals surface area contributed by atoms with Crippen LogP contribution in [0.15, 0.2) is 36.9 Å². The van der Waals surface area contributed by atoms with Crippen molar-refractivity contribution in [1.82, 2.24) is 34.9 Å². The SMILES string of the molecule is C[C@@H]1CN(C(=O)c2cnc(-n3ncnc3[C@H](C)NC(=O)c3cc(C(F)(F)F)cc(C(F)(F)F)c3)nc2)C[C@H](C)O1. The Morgan fingerprint density at radius 3 is 2.00 bits per heavy atom. The van der Waals surface area contributed by atoms with Gasteiger partial charge in [0.1, 0.15) is 6.33 Å². The molecule has 1 aliphatic rings. The van der Waals surface area contributed by atoms with Gasteiger partial charge in [0.2, 0.25) is 0 Å². The Labute approximate surface area is 223 Å². The zero-order valence-corrected chi connectivity index (χ0v) is 21.3. The van der Waals surface area contributed by atoms with Crippen molar-refractivity contribution >= 4 is 11.8 Å². The number of nitrogens with zero attached hydrogens (tertiary/aromatic N) is 6. The van der Waals surface area contributed by atoms with E-state index >= 15 is 0 Å². The van der Waals surface area contributed by atoms with Crippen LogP contribution < -0.4 is 5.32 Å². The van der Waals surface area contributed by atoms with Gasteiger partial charge in [0.15, 0.2) is 5.82 Å². The minimum atomic E-state index is -5.11. The predicted octanol–water partition coefficient (Wildman–Crippen LogP) is 3.84. The van der Waals surface area contributed by atoms with Crippen molar-refractivity contribution in [3.8, 4) is 5.95 Å². The average Bonchev–Trinajstić information content (AvgIpc) is 3.37. The standard InChI is InChI=1S/C24H23F6N7O3/c1-12-9-36(10-13(2)40-12)21(39)16-7-31-22(32-8-16)37-19(33-11-34-37)14(3)35-20(38)15-4-17(23(25,26)27)6-18(5-15)24(28,29)30/h4-8,11-14H,9-10H2,1-3H3,(H,35,38)/t12-,13+,14-/m0/s1. The van der Waals surface area contributed by atoms with Crippen LogP contribution >= 0.6 is 0 Å². The lowest BCUT2D eigenvalue weighted by atomic mass is 10.0. The summed E-state index contributed by atoms with van der Waals surface area (Å²) in [6, 6.07) is -0.448. The van der Waals surface area contributed by atoms with E-state index in [1.54, 1.807) is 4.90 Å². The number of morpholine rings is 1. The third kappa shape index (κ3) is 6.38. The fourth-order valence-corrected chi connectivity index (χ4v) is 4.20. The zero-order chi connectivity index (χ0) is 29.4. The molecule has 1 fully saturated rings. The molecule has 0 aliphatic carbocycles. The van der Waals surface area contributed by atoms with E-state index in [1.165, 1.54) is 19.3 Å². The fourth-order valence-electron chi connectivity index (χ4n) is 4.20. The number of amides is 2. The highest BCUT2D eigenvalue weighted by molar-refractivity contribution is 5.95. The number of carbonyl (C=O) groups excluding carboxylic acids is 2. The summed E-state index contributed by atoms with van der Waals surface area (Å²) in [5, 5.41) is 6.31. The summed E-state index contributed by atoms with van der Waals surface area (Å²) < 4.78 is 85.8. The van der Waals surface area contributed by atoms with Crippen molar-refractivity contribution in [3.63, 3.8) is 0 Å². The lowest BCUT2D eigenvalue weighted by molar-refractivity contribution is -0.143. The molecule has 0 bridgehead atoms. The van der Waals surface area contributed by atoms with Crippen molar-refractivity contribution < 1.29 is 40.7 Å². The number of ether oxygens (including phenoxy) is 1. The predicted molar refractivity (Wildman–Crippen MR) is 125 cm³/mol. The van der Waals surface area contributed by atoms with Crippen LogP contribution in [0.3, 0.4) is 0 Å². The smallest absolute Gasteiger partial charge is 0.372 e. The molecule has 0 saturated carbocycles. The van der Waals surface area contributed by atoms with Crippen LogP contribution in [-0.4, -0.2) is 66.7 Å². The normalized spacial score (nSPS) is 18.9. The Bertz CT molecular complexity index is 1350. The van der Waals surface area contributed by atoms with Crippen LogP contribution in [0.4, 0.5) is 26.3 Å². The first-order chi connectivity index (χ1) is 18.6. The molecule has 0 unspecified atom stereocenters. The van der Waals surface area contributed by atoms with E-state index in [9.17, 15) is 35.9 Å². The van der Waals surface area contributed by atoms with Crippen LogP contribution in [0.2, 0.25) is 0 Å².